The van der Waals surface area contributed by atoms with Crippen LogP contribution in [-0.4, -0.2) is 73.7 Å². The first-order valence-electron chi connectivity index (χ1n) is 3.65. The van der Waals surface area contributed by atoms with Gasteiger partial charge in [-0.15, -0.1) is 0 Å². The monoisotopic (exact) mass is 290 g/mol. The Morgan fingerprint density at radius 2 is 1.69 bits per heavy atom. The number of hydrogen-bond donors (Lipinski definition) is 3. The Balaban J connectivity index is -0.000000377. The van der Waals surface area contributed by atoms with Crippen LogP contribution in [0.4, 0.5) is 0 Å². The fraction of sp³-hybridized carbons (Fsp3) is 0.500. The van der Waals surface area contributed by atoms with Crippen LogP contribution in [0.15, 0.2) is 0 Å². The van der Waals surface area contributed by atoms with Crippen LogP contribution < -0.4 is 34.4 Å². The molecule has 0 saturated carbocycles. The molecular formula is C4H8Na2O8SSi. The molecule has 1 atom stereocenters. The molecule has 0 fully saturated rings. The molecule has 0 rings (SSSR count). The molecule has 0 saturated heterocycles. The van der Waals surface area contributed by atoms with Gasteiger partial charge in [0.05, 0.1) is 6.42 Å². The van der Waals surface area contributed by atoms with Crippen molar-refractivity contribution in [3.05, 3.63) is 0 Å². The second kappa shape index (κ2) is 11.1. The van der Waals surface area contributed by atoms with E-state index in [1.807, 2.05) is 0 Å². The number of rotatable bonds is 4. The van der Waals surface area contributed by atoms with E-state index in [1.54, 1.807) is 0 Å². The molecule has 0 bridgehead atoms. The summed E-state index contributed by atoms with van der Waals surface area (Å²) < 4.78 is 28.7. The van der Waals surface area contributed by atoms with E-state index >= 15 is 0 Å². The molecule has 16 heavy (non-hydrogen) atoms. The van der Waals surface area contributed by atoms with Crippen LogP contribution in [0.1, 0.15) is 6.42 Å². The summed E-state index contributed by atoms with van der Waals surface area (Å²) in [5.74, 6) is -3.50. The van der Waals surface area contributed by atoms with Gasteiger partial charge in [0.2, 0.25) is 0 Å². The van der Waals surface area contributed by atoms with Crippen LogP contribution in [-0.2, 0) is 19.7 Å². The van der Waals surface area contributed by atoms with E-state index < -0.39 is 40.1 Å². The van der Waals surface area contributed by atoms with Crippen molar-refractivity contribution < 1.29 is 67.1 Å². The Morgan fingerprint density at radius 1 is 1.38 bits per heavy atom. The summed E-state index contributed by atoms with van der Waals surface area (Å²) in [6.45, 7) is 0. The number of carboxylic acids is 2. The molecule has 8 nitrogen and oxygen atoms in total. The fourth-order valence-electron chi connectivity index (χ4n) is 0.479. The molecule has 0 aromatic rings. The van der Waals surface area contributed by atoms with Crippen LogP contribution in [0.25, 0.3) is 0 Å². The molecule has 0 radical (unpaired) electrons. The normalized spacial score (nSPS) is 12.2. The number of aliphatic carboxylic acids is 2. The van der Waals surface area contributed by atoms with Gasteiger partial charge in [0.15, 0.2) is 5.25 Å². The zero-order valence-electron chi connectivity index (χ0n) is 8.78. The zero-order chi connectivity index (χ0) is 12.6. The van der Waals surface area contributed by atoms with E-state index in [4.69, 9.17) is 19.6 Å². The second-order valence-electron chi connectivity index (χ2n) is 2.23. The molecule has 0 aliphatic carbocycles. The van der Waals surface area contributed by atoms with Crippen molar-refractivity contribution in [3.8, 4) is 0 Å². The van der Waals surface area contributed by atoms with Crippen molar-refractivity contribution in [2.45, 2.75) is 11.7 Å². The van der Waals surface area contributed by atoms with Gasteiger partial charge < -0.3 is 10.2 Å². The molecule has 84 valence electrons. The first kappa shape index (κ1) is 22.2. The third-order valence-electron chi connectivity index (χ3n) is 0.995. The van der Waals surface area contributed by atoms with Gasteiger partial charge in [-0.05, 0) is 0 Å². The summed E-state index contributed by atoms with van der Waals surface area (Å²) in [6, 6.07) is 0. The maximum atomic E-state index is 10.2. The van der Waals surface area contributed by atoms with Crippen molar-refractivity contribution in [1.29, 1.82) is 0 Å². The molecule has 0 aliphatic heterocycles. The van der Waals surface area contributed by atoms with Crippen LogP contribution in [0.2, 0.25) is 0 Å². The van der Waals surface area contributed by atoms with Crippen LogP contribution >= 0.6 is 0 Å². The van der Waals surface area contributed by atoms with Crippen molar-refractivity contribution >= 4 is 55.4 Å². The van der Waals surface area contributed by atoms with Gasteiger partial charge in [-0.3, -0.25) is 14.1 Å². The van der Waals surface area contributed by atoms with E-state index in [0.29, 0.717) is 0 Å². The molecule has 1 unspecified atom stereocenters. The van der Waals surface area contributed by atoms with Gasteiger partial charge in [0.25, 0.3) is 10.1 Å². The Kier molecular flexibility index (Phi) is 15.5. The quantitative estimate of drug-likeness (QED) is 0.341. The van der Waals surface area contributed by atoms with Gasteiger partial charge >= 0.3 is 79.6 Å². The van der Waals surface area contributed by atoms with E-state index in [2.05, 4.69) is 0 Å². The Bertz CT molecular complexity index is 316. The van der Waals surface area contributed by atoms with Crippen molar-refractivity contribution in [2.24, 2.45) is 0 Å². The average Bonchev–Trinajstić information content (AvgIpc) is 1.98. The standard InChI is InChI=1S/C4H6O7S.2Na.H2OSi/c5-3(6)1-2(4(7)8)12(9,10)11;;;1-2/h2H,1H2,(H,5,6)(H,7,8)(H,9,10,11);;;2H2/q;;+1;-1. The van der Waals surface area contributed by atoms with Gasteiger partial charge in [-0.2, -0.15) is 8.42 Å². The minimum atomic E-state index is -4.84. The summed E-state index contributed by atoms with van der Waals surface area (Å²) in [5, 5.41) is 13.9. The molecular weight excluding hydrogens is 282 g/mol. The molecule has 0 aromatic heterocycles. The van der Waals surface area contributed by atoms with Crippen LogP contribution in [0.5, 0.6) is 0 Å². The Hall–Kier alpha value is 1.03. The van der Waals surface area contributed by atoms with Crippen LogP contribution in [0.3, 0.4) is 0 Å². The summed E-state index contributed by atoms with van der Waals surface area (Å²) in [7, 11) is -4.84. The fourth-order valence-corrected chi connectivity index (χ4v) is 1.09. The first-order chi connectivity index (χ1) is 6.66. The van der Waals surface area contributed by atoms with E-state index in [1.165, 1.54) is 0 Å². The molecule has 0 amide bonds. The number of carbonyl (C=O) groups is 2. The molecule has 0 aromatic carbocycles. The zero-order valence-corrected chi connectivity index (χ0v) is 15.0. The SMILES string of the molecule is O=C(O)CC(C(=O)O)S(=O)(=O)O.[Na+].[O-][SiH2][Na]. The Morgan fingerprint density at radius 3 is 1.75 bits per heavy atom. The second-order valence-corrected chi connectivity index (χ2v) is 6.14. The Labute approximate surface area is 133 Å². The van der Waals surface area contributed by atoms with Crippen LogP contribution in [0, 0.1) is 0 Å². The van der Waals surface area contributed by atoms with Crippen molar-refractivity contribution in [3.63, 3.8) is 0 Å². The molecule has 12 heteroatoms. The minimum absolute atomic E-state index is 0. The maximum absolute atomic E-state index is 10.2. The van der Waals surface area contributed by atoms with Crippen molar-refractivity contribution in [2.75, 3.05) is 0 Å². The molecule has 0 aliphatic rings. The predicted molar refractivity (Wildman–Crippen MR) is 49.5 cm³/mol. The van der Waals surface area contributed by atoms with E-state index in [-0.39, 0.29) is 29.6 Å². The predicted octanol–water partition coefficient (Wildman–Crippen LogP) is -6.68. The molecule has 3 N–H and O–H groups in total. The number of carboxylic acid groups (broad SMARTS) is 2. The third-order valence-corrected chi connectivity index (χ3v) is 2.08. The summed E-state index contributed by atoms with van der Waals surface area (Å²) in [5.41, 5.74) is 0. The van der Waals surface area contributed by atoms with Gasteiger partial charge in [0, 0.05) is 0 Å². The average molecular weight is 290 g/mol. The van der Waals surface area contributed by atoms with Crippen molar-refractivity contribution in [1.82, 2.24) is 0 Å². The van der Waals surface area contributed by atoms with E-state index in [9.17, 15) is 18.0 Å². The summed E-state index contributed by atoms with van der Waals surface area (Å²) in [6.07, 6.45) is -1.85. The van der Waals surface area contributed by atoms with Gasteiger partial charge in [-0.25, -0.2) is 0 Å². The topological polar surface area (TPSA) is 152 Å². The van der Waals surface area contributed by atoms with E-state index in [0.717, 1.165) is 27.0 Å². The summed E-state index contributed by atoms with van der Waals surface area (Å²) >= 11 is 0.952. The number of hydrogen-bond acceptors (Lipinski definition) is 5. The van der Waals surface area contributed by atoms with Gasteiger partial charge in [0.1, 0.15) is 0 Å². The third kappa shape index (κ3) is 13.1. The molecule has 0 spiro atoms. The first-order valence-corrected chi connectivity index (χ1v) is 11.4. The summed E-state index contributed by atoms with van der Waals surface area (Å²) in [4.78, 5) is 29.1. The van der Waals surface area contributed by atoms with Gasteiger partial charge in [-0.1, -0.05) is 0 Å². The molecule has 0 heterocycles.